The summed E-state index contributed by atoms with van der Waals surface area (Å²) >= 11 is 7.16. The van der Waals surface area contributed by atoms with Crippen LogP contribution >= 0.6 is 22.9 Å². The van der Waals surface area contributed by atoms with E-state index in [0.29, 0.717) is 5.88 Å². The van der Waals surface area contributed by atoms with Gasteiger partial charge in [0, 0.05) is 34.2 Å². The Morgan fingerprint density at radius 3 is 3.05 bits per heavy atom. The number of anilines is 1. The van der Waals surface area contributed by atoms with Crippen LogP contribution in [0.2, 0.25) is 0 Å². The van der Waals surface area contributed by atoms with Crippen molar-refractivity contribution in [1.82, 2.24) is 9.97 Å². The number of rotatable bonds is 4. The molecule has 3 rings (SSSR count). The van der Waals surface area contributed by atoms with Crippen molar-refractivity contribution in [1.29, 1.82) is 0 Å². The van der Waals surface area contributed by atoms with Crippen molar-refractivity contribution in [3.05, 3.63) is 52.7 Å². The van der Waals surface area contributed by atoms with Gasteiger partial charge in [-0.3, -0.25) is 9.78 Å². The number of nitrogens with one attached hydrogen (secondary N) is 1. The molecule has 1 aromatic carbocycles. The summed E-state index contributed by atoms with van der Waals surface area (Å²) in [6, 6.07) is 7.63. The zero-order valence-electron chi connectivity index (χ0n) is 11.0. The molecule has 3 aromatic rings. The highest BCUT2D eigenvalue weighted by Crippen LogP contribution is 2.22. The first-order chi connectivity index (χ1) is 10.3. The molecule has 0 aliphatic carbocycles. The summed E-state index contributed by atoms with van der Waals surface area (Å²) in [4.78, 5) is 20.5. The molecule has 0 radical (unpaired) electrons. The van der Waals surface area contributed by atoms with Crippen LogP contribution in [0.25, 0.3) is 10.8 Å². The second-order valence-electron chi connectivity index (χ2n) is 4.49. The molecule has 0 aliphatic rings. The average molecular weight is 318 g/mol. The first-order valence-corrected chi connectivity index (χ1v) is 7.79. The second-order valence-corrected chi connectivity index (χ2v) is 5.70. The Kier molecular flexibility index (Phi) is 4.13. The van der Waals surface area contributed by atoms with Gasteiger partial charge < -0.3 is 5.32 Å². The molecule has 0 saturated carbocycles. The number of alkyl halides is 1. The fraction of sp³-hybridized carbons (Fsp3) is 0.133. The van der Waals surface area contributed by atoms with Gasteiger partial charge in [-0.1, -0.05) is 12.1 Å². The fourth-order valence-corrected chi connectivity index (χ4v) is 3.08. The molecule has 1 N–H and O–H groups in total. The molecule has 0 bridgehead atoms. The Hall–Kier alpha value is -1.98. The number of nitrogens with zero attached hydrogens (tertiary/aromatic N) is 2. The first-order valence-electron chi connectivity index (χ1n) is 6.38. The average Bonchev–Trinajstić information content (AvgIpc) is 2.95. The Morgan fingerprint density at radius 2 is 2.24 bits per heavy atom. The zero-order valence-corrected chi connectivity index (χ0v) is 12.6. The molecule has 0 aliphatic heterocycles. The lowest BCUT2D eigenvalue weighted by Crippen LogP contribution is -2.14. The smallest absolute Gasteiger partial charge is 0.231 e. The number of aromatic nitrogens is 2. The Balaban J connectivity index is 1.77. The molecule has 21 heavy (non-hydrogen) atoms. The first kappa shape index (κ1) is 14.0. The number of hydrogen-bond donors (Lipinski definition) is 1. The Bertz CT molecular complexity index is 782. The third-order valence-electron chi connectivity index (χ3n) is 3.00. The van der Waals surface area contributed by atoms with Gasteiger partial charge in [0.25, 0.3) is 0 Å². The summed E-state index contributed by atoms with van der Waals surface area (Å²) in [7, 11) is 0. The van der Waals surface area contributed by atoms with Crippen LogP contribution in [0.1, 0.15) is 10.7 Å². The van der Waals surface area contributed by atoms with E-state index in [9.17, 15) is 4.79 Å². The van der Waals surface area contributed by atoms with E-state index in [1.54, 1.807) is 12.4 Å². The Morgan fingerprint density at radius 1 is 1.33 bits per heavy atom. The zero-order chi connectivity index (χ0) is 14.7. The minimum atomic E-state index is -0.0882. The maximum absolute atomic E-state index is 12.1. The molecule has 0 unspecified atom stereocenters. The summed E-state index contributed by atoms with van der Waals surface area (Å²) in [5, 5.41) is 7.54. The van der Waals surface area contributed by atoms with Crippen molar-refractivity contribution in [2.75, 3.05) is 5.32 Å². The van der Waals surface area contributed by atoms with Crippen LogP contribution in [0, 0.1) is 0 Å². The number of amides is 1. The summed E-state index contributed by atoms with van der Waals surface area (Å²) in [6.07, 6.45) is 3.74. The van der Waals surface area contributed by atoms with E-state index < -0.39 is 0 Å². The predicted molar refractivity (Wildman–Crippen MR) is 85.7 cm³/mol. The molecular weight excluding hydrogens is 306 g/mol. The molecule has 1 amide bonds. The van der Waals surface area contributed by atoms with Crippen molar-refractivity contribution in [3.63, 3.8) is 0 Å². The third kappa shape index (κ3) is 3.20. The molecule has 0 saturated heterocycles. The van der Waals surface area contributed by atoms with Crippen LogP contribution in [-0.2, 0) is 17.1 Å². The highest BCUT2D eigenvalue weighted by atomic mass is 35.5. The van der Waals surface area contributed by atoms with Gasteiger partial charge >= 0.3 is 0 Å². The van der Waals surface area contributed by atoms with Crippen LogP contribution in [-0.4, -0.2) is 15.9 Å². The van der Waals surface area contributed by atoms with Gasteiger partial charge in [-0.05, 0) is 12.1 Å². The fourth-order valence-electron chi connectivity index (χ4n) is 2.05. The van der Waals surface area contributed by atoms with Crippen LogP contribution in [0.5, 0.6) is 0 Å². The van der Waals surface area contributed by atoms with Gasteiger partial charge in [-0.25, -0.2) is 4.98 Å². The molecule has 2 heterocycles. The van der Waals surface area contributed by atoms with E-state index in [0.717, 1.165) is 27.2 Å². The SMILES string of the molecule is O=C(Cc1nc(CCl)cs1)Nc1cccc2cnccc12. The Labute approximate surface area is 130 Å². The summed E-state index contributed by atoms with van der Waals surface area (Å²) in [5.41, 5.74) is 1.59. The summed E-state index contributed by atoms with van der Waals surface area (Å²) in [6.45, 7) is 0. The van der Waals surface area contributed by atoms with Crippen molar-refractivity contribution < 1.29 is 4.79 Å². The van der Waals surface area contributed by atoms with E-state index >= 15 is 0 Å². The van der Waals surface area contributed by atoms with Crippen molar-refractivity contribution in [2.24, 2.45) is 0 Å². The number of carbonyl (C=O) groups excluding carboxylic acids is 1. The molecular formula is C15H12ClN3OS. The minimum Gasteiger partial charge on any atom is -0.325 e. The van der Waals surface area contributed by atoms with Gasteiger partial charge in [-0.15, -0.1) is 22.9 Å². The van der Waals surface area contributed by atoms with Gasteiger partial charge in [0.15, 0.2) is 0 Å². The van der Waals surface area contributed by atoms with Crippen LogP contribution in [0.4, 0.5) is 5.69 Å². The molecule has 0 atom stereocenters. The summed E-state index contributed by atoms with van der Waals surface area (Å²) < 4.78 is 0. The largest absolute Gasteiger partial charge is 0.325 e. The van der Waals surface area contributed by atoms with E-state index in [2.05, 4.69) is 15.3 Å². The molecule has 0 fully saturated rings. The maximum atomic E-state index is 12.1. The van der Waals surface area contributed by atoms with Gasteiger partial charge in [0.2, 0.25) is 5.91 Å². The number of carbonyl (C=O) groups is 1. The second kappa shape index (κ2) is 6.20. The number of benzene rings is 1. The molecule has 2 aromatic heterocycles. The van der Waals surface area contributed by atoms with Crippen LogP contribution in [0.3, 0.4) is 0 Å². The van der Waals surface area contributed by atoms with E-state index in [-0.39, 0.29) is 12.3 Å². The minimum absolute atomic E-state index is 0.0882. The van der Waals surface area contributed by atoms with Crippen molar-refractivity contribution in [3.8, 4) is 0 Å². The highest BCUT2D eigenvalue weighted by molar-refractivity contribution is 7.09. The van der Waals surface area contributed by atoms with Crippen molar-refractivity contribution >= 4 is 45.3 Å². The van der Waals surface area contributed by atoms with Crippen LogP contribution in [0.15, 0.2) is 42.0 Å². The third-order valence-corrected chi connectivity index (χ3v) is 4.17. The van der Waals surface area contributed by atoms with Gasteiger partial charge in [0.1, 0.15) is 5.01 Å². The predicted octanol–water partition coefficient (Wildman–Crippen LogP) is 3.61. The lowest BCUT2D eigenvalue weighted by atomic mass is 10.1. The molecule has 6 heteroatoms. The monoisotopic (exact) mass is 317 g/mol. The van der Waals surface area contributed by atoms with Gasteiger partial charge in [-0.2, -0.15) is 0 Å². The lowest BCUT2D eigenvalue weighted by Gasteiger charge is -2.07. The van der Waals surface area contributed by atoms with E-state index in [1.165, 1.54) is 11.3 Å². The summed E-state index contributed by atoms with van der Waals surface area (Å²) in [5.74, 6) is 0.281. The maximum Gasteiger partial charge on any atom is 0.231 e. The number of halogens is 1. The quantitative estimate of drug-likeness (QED) is 0.748. The standard InChI is InChI=1S/C15H12ClN3OS/c16-7-11-9-21-15(18-11)6-14(20)19-13-3-1-2-10-8-17-5-4-12(10)13/h1-5,8-9H,6-7H2,(H,19,20). The number of thiazole rings is 1. The lowest BCUT2D eigenvalue weighted by molar-refractivity contribution is -0.115. The van der Waals surface area contributed by atoms with Crippen molar-refractivity contribution in [2.45, 2.75) is 12.3 Å². The topological polar surface area (TPSA) is 54.9 Å². The molecule has 106 valence electrons. The number of pyridine rings is 1. The number of fused-ring (bicyclic) bond motifs is 1. The van der Waals surface area contributed by atoms with Crippen LogP contribution < -0.4 is 5.32 Å². The molecule has 4 nitrogen and oxygen atoms in total. The van der Waals surface area contributed by atoms with E-state index in [1.807, 2.05) is 29.6 Å². The van der Waals surface area contributed by atoms with Gasteiger partial charge in [0.05, 0.1) is 18.0 Å². The van der Waals surface area contributed by atoms with E-state index in [4.69, 9.17) is 11.6 Å². The highest BCUT2D eigenvalue weighted by Gasteiger charge is 2.09. The molecule has 0 spiro atoms. The number of hydrogen-bond acceptors (Lipinski definition) is 4. The normalized spacial score (nSPS) is 10.7.